The van der Waals surface area contributed by atoms with E-state index in [1.807, 2.05) is 20.0 Å². The molecule has 27 heavy (non-hydrogen) atoms. The number of carbonyl (C=O) groups excluding carboxylic acids is 1. The van der Waals surface area contributed by atoms with E-state index in [9.17, 15) is 4.79 Å². The lowest BCUT2D eigenvalue weighted by molar-refractivity contribution is -0.128. The van der Waals surface area contributed by atoms with Gasteiger partial charge in [0.15, 0.2) is 0 Å². The zero-order valence-corrected chi connectivity index (χ0v) is 16.4. The number of likely N-dealkylation sites (tertiary alicyclic amines) is 1. The third kappa shape index (κ3) is 3.74. The fourth-order valence-corrected chi connectivity index (χ4v) is 4.09. The number of amides is 1. The van der Waals surface area contributed by atoms with Crippen LogP contribution >= 0.6 is 11.6 Å². The van der Waals surface area contributed by atoms with Crippen molar-refractivity contribution in [2.75, 3.05) is 26.2 Å². The van der Waals surface area contributed by atoms with E-state index < -0.39 is 0 Å². The molecule has 2 saturated heterocycles. The van der Waals surface area contributed by atoms with Crippen LogP contribution in [0.4, 0.5) is 0 Å². The second-order valence-corrected chi connectivity index (χ2v) is 7.76. The summed E-state index contributed by atoms with van der Waals surface area (Å²) in [7, 11) is 1.82. The quantitative estimate of drug-likeness (QED) is 0.857. The standard InChI is InChI=1S/C18H24ClN5O3/c1-12-9-14(22-27-12)16-13(17(19)23(2)21-16)11-24-6-3-18(4-7-24)10-15(25)20-5-8-26-18/h9H,3-8,10-11H2,1-2H3,(H,20,25). The Morgan fingerprint density at radius 3 is 2.85 bits per heavy atom. The Hall–Kier alpha value is -1.90. The fraction of sp³-hybridized carbons (Fsp3) is 0.611. The zero-order chi connectivity index (χ0) is 19.0. The summed E-state index contributed by atoms with van der Waals surface area (Å²) in [6.45, 7) is 5.39. The maximum atomic E-state index is 11.9. The van der Waals surface area contributed by atoms with Crippen molar-refractivity contribution in [1.82, 2.24) is 25.2 Å². The molecule has 0 aromatic carbocycles. The highest BCUT2D eigenvalue weighted by Crippen LogP contribution is 2.34. The Morgan fingerprint density at radius 2 is 2.15 bits per heavy atom. The molecule has 1 spiro atoms. The summed E-state index contributed by atoms with van der Waals surface area (Å²) in [6, 6.07) is 1.87. The van der Waals surface area contributed by atoms with Gasteiger partial charge in [-0.15, -0.1) is 0 Å². The molecule has 0 aliphatic carbocycles. The van der Waals surface area contributed by atoms with Crippen LogP contribution in [-0.4, -0.2) is 57.6 Å². The van der Waals surface area contributed by atoms with Crippen LogP contribution in [-0.2, 0) is 23.1 Å². The van der Waals surface area contributed by atoms with Gasteiger partial charge in [0.05, 0.1) is 18.6 Å². The molecule has 2 fully saturated rings. The molecule has 2 aliphatic rings. The largest absolute Gasteiger partial charge is 0.373 e. The Morgan fingerprint density at radius 1 is 1.37 bits per heavy atom. The molecule has 4 rings (SSSR count). The smallest absolute Gasteiger partial charge is 0.222 e. The normalized spacial score (nSPS) is 20.6. The van der Waals surface area contributed by atoms with Gasteiger partial charge in [-0.2, -0.15) is 5.10 Å². The van der Waals surface area contributed by atoms with E-state index in [2.05, 4.69) is 20.5 Å². The highest BCUT2D eigenvalue weighted by atomic mass is 35.5. The van der Waals surface area contributed by atoms with E-state index in [0.29, 0.717) is 37.0 Å². The number of aromatic nitrogens is 3. The van der Waals surface area contributed by atoms with E-state index in [1.165, 1.54) is 0 Å². The number of piperidine rings is 1. The molecule has 0 saturated carbocycles. The van der Waals surface area contributed by atoms with Crippen molar-refractivity contribution in [3.8, 4) is 11.4 Å². The Labute approximate surface area is 162 Å². The van der Waals surface area contributed by atoms with Crippen LogP contribution in [0.25, 0.3) is 11.4 Å². The molecule has 146 valence electrons. The summed E-state index contributed by atoms with van der Waals surface area (Å²) >= 11 is 6.51. The van der Waals surface area contributed by atoms with Crippen LogP contribution < -0.4 is 5.32 Å². The second kappa shape index (κ2) is 7.26. The summed E-state index contributed by atoms with van der Waals surface area (Å²) in [6.07, 6.45) is 2.10. The van der Waals surface area contributed by atoms with E-state index in [4.69, 9.17) is 20.9 Å². The number of ether oxygens (including phenoxy) is 1. The second-order valence-electron chi connectivity index (χ2n) is 7.40. The molecular formula is C18H24ClN5O3. The number of halogens is 1. The zero-order valence-electron chi connectivity index (χ0n) is 15.6. The number of nitrogens with zero attached hydrogens (tertiary/aromatic N) is 4. The van der Waals surface area contributed by atoms with Gasteiger partial charge in [0.25, 0.3) is 0 Å². The first-order valence-electron chi connectivity index (χ1n) is 9.24. The molecule has 1 N–H and O–H groups in total. The topological polar surface area (TPSA) is 85.4 Å². The highest BCUT2D eigenvalue weighted by Gasteiger charge is 2.39. The summed E-state index contributed by atoms with van der Waals surface area (Å²) in [4.78, 5) is 14.3. The molecule has 2 aliphatic heterocycles. The van der Waals surface area contributed by atoms with Crippen LogP contribution in [0, 0.1) is 6.92 Å². The van der Waals surface area contributed by atoms with Crippen molar-refractivity contribution in [1.29, 1.82) is 0 Å². The summed E-state index contributed by atoms with van der Waals surface area (Å²) in [5.74, 6) is 0.821. The Balaban J connectivity index is 1.49. The first-order valence-corrected chi connectivity index (χ1v) is 9.62. The van der Waals surface area contributed by atoms with Gasteiger partial charge in [-0.25, -0.2) is 0 Å². The number of nitrogens with one attached hydrogen (secondary N) is 1. The van der Waals surface area contributed by atoms with Gasteiger partial charge in [-0.3, -0.25) is 14.4 Å². The Kier molecular flexibility index (Phi) is 4.96. The molecule has 0 radical (unpaired) electrons. The lowest BCUT2D eigenvalue weighted by atomic mass is 9.87. The lowest BCUT2D eigenvalue weighted by Crippen LogP contribution is -2.46. The summed E-state index contributed by atoms with van der Waals surface area (Å²) in [5.41, 5.74) is 2.07. The molecule has 0 atom stereocenters. The van der Waals surface area contributed by atoms with Crippen LogP contribution in [0.1, 0.15) is 30.6 Å². The van der Waals surface area contributed by atoms with Gasteiger partial charge in [0.2, 0.25) is 5.91 Å². The molecule has 9 heteroatoms. The summed E-state index contributed by atoms with van der Waals surface area (Å²) in [5, 5.41) is 12.1. The SMILES string of the molecule is Cc1cc(-c2nn(C)c(Cl)c2CN2CCC3(CC2)CC(=O)NCCO3)no1. The number of carbonyl (C=O) groups is 1. The molecule has 1 amide bonds. The minimum atomic E-state index is -0.331. The molecule has 0 unspecified atom stereocenters. The van der Waals surface area contributed by atoms with Gasteiger partial charge in [-0.05, 0) is 19.8 Å². The minimum Gasteiger partial charge on any atom is -0.373 e. The van der Waals surface area contributed by atoms with Crippen molar-refractivity contribution in [3.05, 3.63) is 22.5 Å². The monoisotopic (exact) mass is 393 g/mol. The van der Waals surface area contributed by atoms with E-state index >= 15 is 0 Å². The number of rotatable bonds is 3. The van der Waals surface area contributed by atoms with E-state index in [0.717, 1.165) is 42.9 Å². The predicted octanol–water partition coefficient (Wildman–Crippen LogP) is 1.91. The third-order valence-corrected chi connectivity index (χ3v) is 5.88. The molecule has 4 heterocycles. The molecule has 0 bridgehead atoms. The summed E-state index contributed by atoms with van der Waals surface area (Å²) < 4.78 is 12.9. The Bertz CT molecular complexity index is 838. The van der Waals surface area contributed by atoms with Gasteiger partial charge < -0.3 is 14.6 Å². The van der Waals surface area contributed by atoms with Crippen LogP contribution in [0.3, 0.4) is 0 Å². The molecule has 2 aromatic rings. The van der Waals surface area contributed by atoms with Crippen molar-refractivity contribution >= 4 is 17.5 Å². The van der Waals surface area contributed by atoms with Gasteiger partial charge in [-0.1, -0.05) is 16.8 Å². The van der Waals surface area contributed by atoms with Gasteiger partial charge in [0.1, 0.15) is 22.3 Å². The van der Waals surface area contributed by atoms with Gasteiger partial charge in [0, 0.05) is 44.9 Å². The average Bonchev–Trinajstić information content (AvgIpc) is 3.12. The molecular weight excluding hydrogens is 370 g/mol. The molecule has 2 aromatic heterocycles. The lowest BCUT2D eigenvalue weighted by Gasteiger charge is -2.40. The van der Waals surface area contributed by atoms with Crippen molar-refractivity contribution in [2.24, 2.45) is 7.05 Å². The predicted molar refractivity (Wildman–Crippen MR) is 99.3 cm³/mol. The highest BCUT2D eigenvalue weighted by molar-refractivity contribution is 6.30. The van der Waals surface area contributed by atoms with E-state index in [1.54, 1.807) is 4.68 Å². The third-order valence-electron chi connectivity index (χ3n) is 5.40. The first-order chi connectivity index (χ1) is 13.0. The van der Waals surface area contributed by atoms with Gasteiger partial charge >= 0.3 is 0 Å². The van der Waals surface area contributed by atoms with Crippen LogP contribution in [0.2, 0.25) is 5.15 Å². The average molecular weight is 394 g/mol. The number of aryl methyl sites for hydroxylation is 2. The molecule has 8 nitrogen and oxygen atoms in total. The number of hydrogen-bond donors (Lipinski definition) is 1. The maximum Gasteiger partial charge on any atom is 0.222 e. The van der Waals surface area contributed by atoms with Crippen molar-refractivity contribution in [3.63, 3.8) is 0 Å². The van der Waals surface area contributed by atoms with Crippen LogP contribution in [0.5, 0.6) is 0 Å². The van der Waals surface area contributed by atoms with Crippen molar-refractivity contribution in [2.45, 2.75) is 38.3 Å². The number of hydrogen-bond acceptors (Lipinski definition) is 6. The minimum absolute atomic E-state index is 0.0833. The van der Waals surface area contributed by atoms with Crippen molar-refractivity contribution < 1.29 is 14.1 Å². The van der Waals surface area contributed by atoms with E-state index in [-0.39, 0.29) is 11.5 Å². The fourth-order valence-electron chi connectivity index (χ4n) is 3.90. The first kappa shape index (κ1) is 18.5. The maximum absolute atomic E-state index is 11.9. The van der Waals surface area contributed by atoms with Crippen LogP contribution in [0.15, 0.2) is 10.6 Å².